The molecular weight excluding hydrogens is 213 g/mol. The first-order chi connectivity index (χ1) is 6.72. The minimum absolute atomic E-state index is 0.210. The number of nitrogens with one attached hydrogen (secondary N) is 1. The maximum atomic E-state index is 11.7. The summed E-state index contributed by atoms with van der Waals surface area (Å²) < 4.78 is 35.2. The van der Waals surface area contributed by atoms with E-state index in [-0.39, 0.29) is 6.54 Å². The van der Waals surface area contributed by atoms with Crippen LogP contribution in [0.3, 0.4) is 0 Å². The van der Waals surface area contributed by atoms with Crippen molar-refractivity contribution in [1.29, 1.82) is 0 Å². The summed E-state index contributed by atoms with van der Waals surface area (Å²) in [5.74, 6) is 0. The molecule has 0 rings (SSSR count). The first-order valence-corrected chi connectivity index (χ1v) is 4.46. The molecule has 0 spiro atoms. The molecule has 1 unspecified atom stereocenters. The van der Waals surface area contributed by atoms with Gasteiger partial charge in [-0.1, -0.05) is 0 Å². The van der Waals surface area contributed by atoms with E-state index < -0.39 is 24.9 Å². The summed E-state index contributed by atoms with van der Waals surface area (Å²) in [7, 11) is 1.37. The van der Waals surface area contributed by atoms with E-state index in [9.17, 15) is 18.0 Å². The Hall–Kier alpha value is -0.980. The summed E-state index contributed by atoms with van der Waals surface area (Å²) in [5.41, 5.74) is 0. The molecule has 0 saturated carbocycles. The number of aliphatic hydroxyl groups excluding tert-OH is 1. The molecule has 7 heteroatoms. The van der Waals surface area contributed by atoms with Crippen LogP contribution in [0.2, 0.25) is 0 Å². The van der Waals surface area contributed by atoms with Crippen LogP contribution < -0.4 is 5.32 Å². The second-order valence-corrected chi connectivity index (χ2v) is 3.33. The number of urea groups is 1. The average Bonchev–Trinajstić information content (AvgIpc) is 2.08. The number of nitrogens with zero attached hydrogens (tertiary/aromatic N) is 1. The summed E-state index contributed by atoms with van der Waals surface area (Å²) in [6.07, 6.45) is -4.65. The van der Waals surface area contributed by atoms with Gasteiger partial charge in [0, 0.05) is 13.6 Å². The van der Waals surface area contributed by atoms with Crippen LogP contribution in [0.5, 0.6) is 0 Å². The van der Waals surface area contributed by atoms with Crippen LogP contribution in [0.25, 0.3) is 0 Å². The Morgan fingerprint density at radius 1 is 1.53 bits per heavy atom. The topological polar surface area (TPSA) is 52.6 Å². The van der Waals surface area contributed by atoms with Crippen LogP contribution in [0.4, 0.5) is 18.0 Å². The van der Waals surface area contributed by atoms with Crippen LogP contribution in [0, 0.1) is 0 Å². The lowest BCUT2D eigenvalue weighted by molar-refractivity contribution is -0.123. The number of hydrogen-bond donors (Lipinski definition) is 2. The Kier molecular flexibility index (Phi) is 5.41. The quantitative estimate of drug-likeness (QED) is 0.753. The minimum Gasteiger partial charge on any atom is -0.393 e. The number of aliphatic hydroxyl groups is 1. The van der Waals surface area contributed by atoms with Crippen molar-refractivity contribution in [3.63, 3.8) is 0 Å². The van der Waals surface area contributed by atoms with Gasteiger partial charge in [0.25, 0.3) is 0 Å². The van der Waals surface area contributed by atoms with E-state index in [1.54, 1.807) is 12.2 Å². The Balaban J connectivity index is 3.80. The molecule has 4 nitrogen and oxygen atoms in total. The van der Waals surface area contributed by atoms with Crippen molar-refractivity contribution in [1.82, 2.24) is 10.2 Å². The molecule has 2 N–H and O–H groups in total. The number of halogens is 3. The second kappa shape index (κ2) is 5.79. The highest BCUT2D eigenvalue weighted by atomic mass is 19.4. The Bertz CT molecular complexity index is 207. The van der Waals surface area contributed by atoms with E-state index in [2.05, 4.69) is 0 Å². The fourth-order valence-corrected chi connectivity index (χ4v) is 0.793. The summed E-state index contributed by atoms with van der Waals surface area (Å²) in [5, 5.41) is 10.6. The van der Waals surface area contributed by atoms with Gasteiger partial charge in [0.15, 0.2) is 0 Å². The molecule has 15 heavy (non-hydrogen) atoms. The van der Waals surface area contributed by atoms with Gasteiger partial charge in [-0.2, -0.15) is 13.2 Å². The lowest BCUT2D eigenvalue weighted by atomic mass is 10.3. The van der Waals surface area contributed by atoms with Crippen LogP contribution in [0.1, 0.15) is 13.3 Å². The maximum Gasteiger partial charge on any atom is 0.405 e. The normalized spacial score (nSPS) is 13.5. The predicted molar refractivity (Wildman–Crippen MR) is 48.4 cm³/mol. The molecule has 2 amide bonds. The van der Waals surface area contributed by atoms with Crippen molar-refractivity contribution in [2.24, 2.45) is 0 Å². The van der Waals surface area contributed by atoms with E-state index in [1.807, 2.05) is 0 Å². The van der Waals surface area contributed by atoms with E-state index in [1.165, 1.54) is 7.05 Å². The molecule has 0 aromatic rings. The van der Waals surface area contributed by atoms with Crippen molar-refractivity contribution in [3.8, 4) is 0 Å². The van der Waals surface area contributed by atoms with Crippen molar-refractivity contribution < 1.29 is 23.1 Å². The largest absolute Gasteiger partial charge is 0.405 e. The first kappa shape index (κ1) is 14.0. The standard InChI is InChI=1S/C8H15F3N2O2/c1-6(14)3-4-13(2)7(15)12-5-8(9,10)11/h6,14H,3-5H2,1-2H3,(H,12,15). The number of rotatable bonds is 4. The number of alkyl halides is 3. The molecule has 0 aromatic carbocycles. The molecule has 0 saturated heterocycles. The summed E-state index contributed by atoms with van der Waals surface area (Å²) >= 11 is 0. The highest BCUT2D eigenvalue weighted by Crippen LogP contribution is 2.12. The SMILES string of the molecule is CC(O)CCN(C)C(=O)NCC(F)(F)F. The zero-order valence-corrected chi connectivity index (χ0v) is 8.64. The first-order valence-electron chi connectivity index (χ1n) is 4.46. The van der Waals surface area contributed by atoms with Crippen LogP contribution in [0.15, 0.2) is 0 Å². The number of hydrogen-bond acceptors (Lipinski definition) is 2. The summed E-state index contributed by atoms with van der Waals surface area (Å²) in [6, 6.07) is -0.798. The minimum atomic E-state index is -4.40. The molecule has 0 fully saturated rings. The third-order valence-corrected chi connectivity index (χ3v) is 1.67. The van der Waals surface area contributed by atoms with Crippen molar-refractivity contribution >= 4 is 6.03 Å². The third kappa shape index (κ3) is 8.04. The van der Waals surface area contributed by atoms with Crippen LogP contribution >= 0.6 is 0 Å². The Morgan fingerprint density at radius 3 is 2.47 bits per heavy atom. The van der Waals surface area contributed by atoms with E-state index in [0.29, 0.717) is 6.42 Å². The Labute approximate surface area is 86.1 Å². The second-order valence-electron chi connectivity index (χ2n) is 3.33. The van der Waals surface area contributed by atoms with Gasteiger partial charge in [0.1, 0.15) is 6.54 Å². The number of carbonyl (C=O) groups excluding carboxylic acids is 1. The van der Waals surface area contributed by atoms with E-state index in [4.69, 9.17) is 5.11 Å². The van der Waals surface area contributed by atoms with Crippen molar-refractivity contribution in [2.45, 2.75) is 25.6 Å². The fourth-order valence-electron chi connectivity index (χ4n) is 0.793. The van der Waals surface area contributed by atoms with Gasteiger partial charge >= 0.3 is 12.2 Å². The van der Waals surface area contributed by atoms with Crippen LogP contribution in [-0.4, -0.2) is 48.5 Å². The molecular formula is C8H15F3N2O2. The van der Waals surface area contributed by atoms with Gasteiger partial charge in [-0.25, -0.2) is 4.79 Å². The predicted octanol–water partition coefficient (Wildman–Crippen LogP) is 0.961. The van der Waals surface area contributed by atoms with E-state index in [0.717, 1.165) is 4.90 Å². The van der Waals surface area contributed by atoms with Gasteiger partial charge in [-0.3, -0.25) is 0 Å². The molecule has 0 aliphatic rings. The molecule has 90 valence electrons. The van der Waals surface area contributed by atoms with Crippen molar-refractivity contribution in [3.05, 3.63) is 0 Å². The maximum absolute atomic E-state index is 11.7. The lowest BCUT2D eigenvalue weighted by Gasteiger charge is -2.19. The molecule has 0 aliphatic carbocycles. The van der Waals surface area contributed by atoms with Gasteiger partial charge < -0.3 is 15.3 Å². The smallest absolute Gasteiger partial charge is 0.393 e. The van der Waals surface area contributed by atoms with Gasteiger partial charge in [0.05, 0.1) is 6.10 Å². The van der Waals surface area contributed by atoms with Crippen molar-refractivity contribution in [2.75, 3.05) is 20.1 Å². The summed E-state index contributed by atoms with van der Waals surface area (Å²) in [4.78, 5) is 12.1. The highest BCUT2D eigenvalue weighted by molar-refractivity contribution is 5.73. The van der Waals surface area contributed by atoms with Gasteiger partial charge in [0.2, 0.25) is 0 Å². The molecule has 1 atom stereocenters. The fraction of sp³-hybridized carbons (Fsp3) is 0.875. The molecule has 0 radical (unpaired) electrons. The molecule has 0 aromatic heterocycles. The number of amides is 2. The molecule has 0 aliphatic heterocycles. The zero-order valence-electron chi connectivity index (χ0n) is 8.64. The highest BCUT2D eigenvalue weighted by Gasteiger charge is 2.28. The number of carbonyl (C=O) groups is 1. The van der Waals surface area contributed by atoms with Crippen LogP contribution in [-0.2, 0) is 0 Å². The Morgan fingerprint density at radius 2 is 2.07 bits per heavy atom. The average molecular weight is 228 g/mol. The summed E-state index contributed by atoms with van der Waals surface area (Å²) in [6.45, 7) is 0.410. The van der Waals surface area contributed by atoms with E-state index >= 15 is 0 Å². The zero-order chi connectivity index (χ0) is 12.1. The third-order valence-electron chi connectivity index (χ3n) is 1.67. The lowest BCUT2D eigenvalue weighted by Crippen LogP contribution is -2.42. The molecule has 0 heterocycles. The monoisotopic (exact) mass is 228 g/mol. The van der Waals surface area contributed by atoms with Gasteiger partial charge in [-0.05, 0) is 13.3 Å². The van der Waals surface area contributed by atoms with Gasteiger partial charge in [-0.15, -0.1) is 0 Å². The molecule has 0 bridgehead atoms.